The number of nitrogens with zero attached hydrogens (tertiary/aromatic N) is 6. The lowest BCUT2D eigenvalue weighted by atomic mass is 10.5. The first kappa shape index (κ1) is 43.9. The van der Waals surface area contributed by atoms with E-state index in [4.69, 9.17) is 0 Å². The van der Waals surface area contributed by atoms with Crippen molar-refractivity contribution in [2.75, 3.05) is 78.5 Å². The Hall–Kier alpha value is 0.862. The monoisotopic (exact) mass is 690 g/mol. The van der Waals surface area contributed by atoms with Crippen molar-refractivity contribution in [2.45, 2.75) is 101 Å². The van der Waals surface area contributed by atoms with E-state index in [0.29, 0.717) is 78.5 Å². The Morgan fingerprint density at radius 2 is 0.488 bits per heavy atom. The van der Waals surface area contributed by atoms with Crippen LogP contribution in [0.1, 0.15) is 83.1 Å². The molecule has 0 fully saturated rings. The Morgan fingerprint density at radius 1 is 0.372 bits per heavy atom. The lowest BCUT2D eigenvalue weighted by Crippen LogP contribution is -2.55. The fraction of sp³-hybridized carbons (Fsp3) is 1.00. The summed E-state index contributed by atoms with van der Waals surface area (Å²) in [5, 5.41) is 0. The van der Waals surface area contributed by atoms with E-state index in [2.05, 4.69) is 0 Å². The standard InChI is InChI=1S/3C9H21N2O2P.Al/c3*1-5-10(6-2)9(14(12)13)11(7-3)8-4;/h3*9H,5-8H2,1-4H3;/q;;;-3/p+3. The predicted molar refractivity (Wildman–Crippen MR) is 184 cm³/mol. The number of hydrogen-bond acceptors (Lipinski definition) is 9. The molecule has 3 unspecified atom stereocenters. The van der Waals surface area contributed by atoms with Gasteiger partial charge in [0, 0.05) is 0 Å². The van der Waals surface area contributed by atoms with Crippen LogP contribution in [0.15, 0.2) is 0 Å². The molecule has 0 aromatic rings. The van der Waals surface area contributed by atoms with E-state index in [1.165, 1.54) is 0 Å². The quantitative estimate of drug-likeness (QED) is 0.0739. The summed E-state index contributed by atoms with van der Waals surface area (Å²) in [5.74, 6) is -3.42. The molecule has 12 nitrogen and oxygen atoms in total. The summed E-state index contributed by atoms with van der Waals surface area (Å²) in [6.45, 7) is 27.6. The van der Waals surface area contributed by atoms with Crippen LogP contribution in [-0.4, -0.2) is 153 Å². The third kappa shape index (κ3) is 9.94. The molecule has 0 saturated carbocycles. The smallest absolute Gasteiger partial charge is 0.354 e. The highest BCUT2D eigenvalue weighted by molar-refractivity contribution is 8.43. The molecule has 3 N–H and O–H groups in total. The number of hydrogen-bond donors (Lipinski definition) is 3. The van der Waals surface area contributed by atoms with E-state index >= 15 is 13.7 Å². The molecule has 0 amide bonds. The molecule has 0 radical (unpaired) electrons. The van der Waals surface area contributed by atoms with Gasteiger partial charge >= 0.3 is 12.8 Å². The molecule has 0 rings (SSSR count). The van der Waals surface area contributed by atoms with E-state index in [-0.39, 0.29) is 0 Å². The van der Waals surface area contributed by atoms with Gasteiger partial charge in [-0.2, -0.15) is 0 Å². The maximum atomic E-state index is 15.4. The van der Waals surface area contributed by atoms with Gasteiger partial charge < -0.3 is 28.4 Å². The van der Waals surface area contributed by atoms with Crippen molar-refractivity contribution >= 4 is 30.9 Å². The fourth-order valence-electron chi connectivity index (χ4n) is 6.47. The first-order valence-electron chi connectivity index (χ1n) is 16.5. The second-order valence-electron chi connectivity index (χ2n) is 10.7. The van der Waals surface area contributed by atoms with Crippen LogP contribution in [0.25, 0.3) is 0 Å². The summed E-state index contributed by atoms with van der Waals surface area (Å²) in [5.41, 5.74) is 0. The maximum absolute atomic E-state index is 15.4. The van der Waals surface area contributed by atoms with Gasteiger partial charge in [0.2, 0.25) is 0 Å². The molecule has 0 saturated heterocycles. The van der Waals surface area contributed by atoms with Crippen molar-refractivity contribution in [3.63, 3.8) is 0 Å². The van der Waals surface area contributed by atoms with Crippen molar-refractivity contribution in [3.05, 3.63) is 0 Å². The molecule has 0 heterocycles. The van der Waals surface area contributed by atoms with Crippen LogP contribution in [0, 0.1) is 0 Å². The summed E-state index contributed by atoms with van der Waals surface area (Å²) >= 11 is -4.46. The Balaban J connectivity index is 8.29. The highest BCUT2D eigenvalue weighted by Crippen LogP contribution is 2.79. The lowest BCUT2D eigenvalue weighted by Gasteiger charge is -2.48. The number of rotatable bonds is 24. The summed E-state index contributed by atoms with van der Waals surface area (Å²) < 4.78 is 46.3. The average Bonchev–Trinajstić information content (AvgIpc) is 2.97. The van der Waals surface area contributed by atoms with E-state index in [1.807, 2.05) is 112 Å². The lowest BCUT2D eigenvalue weighted by molar-refractivity contribution is 0.104. The van der Waals surface area contributed by atoms with Gasteiger partial charge in [0.25, 0.3) is 0 Å². The van der Waals surface area contributed by atoms with Crippen LogP contribution in [0.5, 0.6) is 0 Å². The van der Waals surface area contributed by atoms with Crippen molar-refractivity contribution in [1.82, 2.24) is 29.4 Å². The summed E-state index contributed by atoms with van der Waals surface area (Å²) in [6.07, 6.45) is 0. The predicted octanol–water partition coefficient (Wildman–Crippen LogP) is 4.68. The van der Waals surface area contributed by atoms with Crippen LogP contribution in [0.2, 0.25) is 0 Å². The topological polar surface area (TPSA) is 131 Å². The second-order valence-corrected chi connectivity index (χ2v) is 31.8. The third-order valence-corrected chi connectivity index (χ3v) is 41.0. The molecule has 0 aliphatic rings. The first-order chi connectivity index (χ1) is 20.1. The van der Waals surface area contributed by atoms with E-state index in [1.54, 1.807) is 0 Å². The minimum Gasteiger partial charge on any atom is -0.354 e. The molecule has 0 aliphatic heterocycles. The molecule has 16 heteroatoms. The summed E-state index contributed by atoms with van der Waals surface area (Å²) in [6, 6.07) is -14.5. The van der Waals surface area contributed by atoms with Crippen LogP contribution in [0.3, 0.4) is 0 Å². The Labute approximate surface area is 267 Å². The maximum Gasteiger partial charge on any atom is 0.666 e. The van der Waals surface area contributed by atoms with Gasteiger partial charge in [0.05, 0.1) is 0 Å². The summed E-state index contributed by atoms with van der Waals surface area (Å²) in [4.78, 5) is 48.6. The van der Waals surface area contributed by atoms with Crippen molar-refractivity contribution in [3.8, 4) is 0 Å². The van der Waals surface area contributed by atoms with E-state index < -0.39 is 48.6 Å². The van der Waals surface area contributed by atoms with Gasteiger partial charge in [-0.1, -0.05) is 83.1 Å². The van der Waals surface area contributed by atoms with E-state index in [0.717, 1.165) is 0 Å². The zero-order chi connectivity index (χ0) is 33.8. The zero-order valence-corrected chi connectivity index (χ0v) is 33.2. The second kappa shape index (κ2) is 20.3. The molecular formula is C27H66AlN6O6P3. The van der Waals surface area contributed by atoms with Crippen LogP contribution in [-0.2, 0) is 13.7 Å². The SMILES string of the molecule is CCN(CC)C(N(CC)CC)[P](=O)(O)[Al]([P](=O)(O)C(N(CC)CC)N(CC)CC)[P](=O)(O)C(N(CC)CC)N(CC)CC. The molecule has 0 bridgehead atoms. The van der Waals surface area contributed by atoms with Crippen molar-refractivity contribution < 1.29 is 28.4 Å². The van der Waals surface area contributed by atoms with Gasteiger partial charge in [-0.05, 0) is 78.5 Å². The van der Waals surface area contributed by atoms with E-state index in [9.17, 15) is 14.7 Å². The molecule has 0 aliphatic carbocycles. The molecule has 258 valence electrons. The summed E-state index contributed by atoms with van der Waals surface area (Å²) in [7, 11) is 0. The zero-order valence-electron chi connectivity index (χ0n) is 29.4. The highest BCUT2D eigenvalue weighted by atomic mass is 31.8. The van der Waals surface area contributed by atoms with Gasteiger partial charge in [0.15, 0.2) is 18.0 Å². The van der Waals surface area contributed by atoms with Crippen LogP contribution < -0.4 is 0 Å². The molecule has 0 aromatic heterocycles. The normalized spacial score (nSPS) is 17.3. The van der Waals surface area contributed by atoms with Gasteiger partial charge in [0.1, 0.15) is 17.7 Å². The van der Waals surface area contributed by atoms with Gasteiger partial charge in [-0.25, -0.2) is 0 Å². The van der Waals surface area contributed by atoms with Gasteiger partial charge in [-0.15, -0.1) is 0 Å². The fourth-order valence-corrected chi connectivity index (χ4v) is 42.4. The third-order valence-electron chi connectivity index (χ3n) is 8.82. The first-order valence-corrected chi connectivity index (χ1v) is 26.6. The Bertz CT molecular complexity index is 766. The van der Waals surface area contributed by atoms with Crippen molar-refractivity contribution in [2.24, 2.45) is 0 Å². The van der Waals surface area contributed by atoms with Crippen LogP contribution >= 0.6 is 18.0 Å². The average molecular weight is 691 g/mol. The Morgan fingerprint density at radius 3 is 0.581 bits per heavy atom. The van der Waals surface area contributed by atoms with Crippen molar-refractivity contribution in [1.29, 1.82) is 0 Å². The molecule has 0 spiro atoms. The highest BCUT2D eigenvalue weighted by Gasteiger charge is 2.74. The molecule has 43 heavy (non-hydrogen) atoms. The molecule has 3 atom stereocenters. The van der Waals surface area contributed by atoms with Crippen LogP contribution in [0.4, 0.5) is 0 Å². The minimum atomic E-state index is -4.83. The Kier molecular flexibility index (Phi) is 20.7. The molecule has 0 aromatic carbocycles. The molecular weight excluding hydrogens is 624 g/mol. The largest absolute Gasteiger partial charge is 0.666 e. The van der Waals surface area contributed by atoms with Gasteiger partial charge in [-0.3, -0.25) is 29.4 Å². The minimum absolute atomic E-state index is 0.417.